The summed E-state index contributed by atoms with van der Waals surface area (Å²) >= 11 is 1.44. The molecule has 140 valence electrons. The van der Waals surface area contributed by atoms with E-state index in [4.69, 9.17) is 9.47 Å². The molecule has 27 heavy (non-hydrogen) atoms. The molecule has 0 radical (unpaired) electrons. The minimum absolute atomic E-state index is 0.143. The Kier molecular flexibility index (Phi) is 3.50. The molecule has 0 N–H and O–H groups in total. The minimum atomic E-state index is 0.143. The Morgan fingerprint density at radius 1 is 1.15 bits per heavy atom. The number of hydrogen-bond acceptors (Lipinski definition) is 6. The molecule has 5 aliphatic rings. The molecule has 5 aliphatic heterocycles. The number of rotatable bonds is 2. The zero-order valence-electron chi connectivity index (χ0n) is 14.9. The molecule has 0 spiro atoms. The number of fused-ring (bicyclic) bond motifs is 3. The quantitative estimate of drug-likeness (QED) is 0.798. The van der Waals surface area contributed by atoms with Crippen LogP contribution in [0.2, 0.25) is 0 Å². The fraction of sp³-hybridized carbons (Fsp3) is 0.500. The number of carbonyl (C=O) groups is 1. The van der Waals surface area contributed by atoms with E-state index in [0.29, 0.717) is 30.7 Å². The van der Waals surface area contributed by atoms with Gasteiger partial charge in [0.1, 0.15) is 4.88 Å². The molecule has 0 saturated carbocycles. The smallest absolute Gasteiger partial charge is 0.265 e. The summed E-state index contributed by atoms with van der Waals surface area (Å²) in [5.41, 5.74) is 2.99. The molecular weight excluding hydrogens is 362 g/mol. The lowest BCUT2D eigenvalue weighted by atomic mass is 9.75. The van der Waals surface area contributed by atoms with Gasteiger partial charge in [0.25, 0.3) is 5.91 Å². The van der Waals surface area contributed by atoms with Crippen LogP contribution in [0.4, 0.5) is 0 Å². The van der Waals surface area contributed by atoms with E-state index in [1.54, 1.807) is 11.7 Å². The lowest BCUT2D eigenvalue weighted by Gasteiger charge is -2.51. The van der Waals surface area contributed by atoms with E-state index >= 15 is 0 Å². The maximum Gasteiger partial charge on any atom is 0.265 e. The standard InChI is InChI=1S/C20H21N3O3S/c24-20(17-8-21-10-27-17)23-9-14(13-1-2-15-16(7-13)26-11-25-15)19-18(23)12-3-5-22(19)6-4-12/h1-2,7-8,10,12,14,18-19H,3-6,9,11H2/t14-,18+,19+/m0/s1. The van der Waals surface area contributed by atoms with Gasteiger partial charge in [-0.25, -0.2) is 0 Å². The molecule has 4 fully saturated rings. The largest absolute Gasteiger partial charge is 0.454 e. The van der Waals surface area contributed by atoms with Crippen molar-refractivity contribution in [2.45, 2.75) is 30.8 Å². The number of carbonyl (C=O) groups excluding carboxylic acids is 1. The van der Waals surface area contributed by atoms with E-state index in [2.05, 4.69) is 26.9 Å². The summed E-state index contributed by atoms with van der Waals surface area (Å²) in [4.78, 5) is 22.8. The average molecular weight is 383 g/mol. The topological polar surface area (TPSA) is 54.9 Å². The Balaban J connectivity index is 1.39. The highest BCUT2D eigenvalue weighted by Crippen LogP contribution is 2.48. The van der Waals surface area contributed by atoms with Crippen molar-refractivity contribution in [3.05, 3.63) is 40.3 Å². The average Bonchev–Trinajstić information content (AvgIpc) is 3.47. The molecule has 4 saturated heterocycles. The Hall–Kier alpha value is -2.12. The number of thiazole rings is 1. The second-order valence-electron chi connectivity index (χ2n) is 7.90. The molecule has 0 unspecified atom stereocenters. The van der Waals surface area contributed by atoms with Crippen LogP contribution in [-0.2, 0) is 0 Å². The summed E-state index contributed by atoms with van der Waals surface area (Å²) in [6.07, 6.45) is 4.10. The summed E-state index contributed by atoms with van der Waals surface area (Å²) < 4.78 is 11.1. The van der Waals surface area contributed by atoms with Crippen LogP contribution in [0.25, 0.3) is 0 Å². The highest BCUT2D eigenvalue weighted by molar-refractivity contribution is 7.11. The highest BCUT2D eigenvalue weighted by Gasteiger charge is 2.54. The number of amides is 1. The van der Waals surface area contributed by atoms with E-state index in [0.717, 1.165) is 36.0 Å². The van der Waals surface area contributed by atoms with Crippen molar-refractivity contribution in [2.75, 3.05) is 26.4 Å². The van der Waals surface area contributed by atoms with Gasteiger partial charge in [0.2, 0.25) is 6.79 Å². The van der Waals surface area contributed by atoms with E-state index < -0.39 is 0 Å². The van der Waals surface area contributed by atoms with Crippen LogP contribution in [0, 0.1) is 5.92 Å². The van der Waals surface area contributed by atoms with Gasteiger partial charge in [-0.05, 0) is 49.5 Å². The zero-order valence-corrected chi connectivity index (χ0v) is 15.7. The Morgan fingerprint density at radius 2 is 2.00 bits per heavy atom. The van der Waals surface area contributed by atoms with Gasteiger partial charge in [0.15, 0.2) is 11.5 Å². The van der Waals surface area contributed by atoms with Gasteiger partial charge >= 0.3 is 0 Å². The van der Waals surface area contributed by atoms with Crippen LogP contribution in [-0.4, -0.2) is 59.2 Å². The maximum absolute atomic E-state index is 13.2. The highest BCUT2D eigenvalue weighted by atomic mass is 32.1. The second-order valence-corrected chi connectivity index (χ2v) is 8.78. The number of ether oxygens (including phenoxy) is 2. The molecule has 1 amide bonds. The predicted molar refractivity (Wildman–Crippen MR) is 100 cm³/mol. The van der Waals surface area contributed by atoms with E-state index in [1.807, 2.05) is 6.07 Å². The van der Waals surface area contributed by atoms with Crippen molar-refractivity contribution in [3.63, 3.8) is 0 Å². The van der Waals surface area contributed by atoms with Crippen molar-refractivity contribution < 1.29 is 14.3 Å². The van der Waals surface area contributed by atoms with Gasteiger partial charge in [-0.2, -0.15) is 0 Å². The molecule has 3 atom stereocenters. The van der Waals surface area contributed by atoms with Gasteiger partial charge in [0, 0.05) is 18.5 Å². The fourth-order valence-electron chi connectivity index (χ4n) is 5.55. The summed E-state index contributed by atoms with van der Waals surface area (Å²) in [6, 6.07) is 6.98. The van der Waals surface area contributed by atoms with Crippen LogP contribution in [0.1, 0.15) is 34.0 Å². The number of piperidine rings is 3. The van der Waals surface area contributed by atoms with Gasteiger partial charge in [-0.1, -0.05) is 6.07 Å². The molecule has 2 bridgehead atoms. The predicted octanol–water partition coefficient (Wildman–Crippen LogP) is 2.57. The van der Waals surface area contributed by atoms with Gasteiger partial charge < -0.3 is 14.4 Å². The van der Waals surface area contributed by atoms with Crippen molar-refractivity contribution in [1.29, 1.82) is 0 Å². The summed E-state index contributed by atoms with van der Waals surface area (Å²) in [5, 5.41) is 0. The molecule has 6 nitrogen and oxygen atoms in total. The van der Waals surface area contributed by atoms with Crippen molar-refractivity contribution in [2.24, 2.45) is 5.92 Å². The second kappa shape index (κ2) is 5.94. The van der Waals surface area contributed by atoms with Crippen molar-refractivity contribution in [1.82, 2.24) is 14.8 Å². The molecule has 7 heteroatoms. The first kappa shape index (κ1) is 15.9. The fourth-order valence-corrected chi connectivity index (χ4v) is 6.13. The normalized spacial score (nSPS) is 33.3. The molecule has 6 heterocycles. The Morgan fingerprint density at radius 3 is 2.81 bits per heavy atom. The van der Waals surface area contributed by atoms with Crippen molar-refractivity contribution >= 4 is 17.2 Å². The van der Waals surface area contributed by atoms with Crippen molar-refractivity contribution in [3.8, 4) is 11.5 Å². The number of hydrogen-bond donors (Lipinski definition) is 0. The molecule has 1 aromatic heterocycles. The van der Waals surface area contributed by atoms with Gasteiger partial charge in [0.05, 0.1) is 17.7 Å². The van der Waals surface area contributed by atoms with Crippen LogP contribution in [0.15, 0.2) is 29.9 Å². The monoisotopic (exact) mass is 383 g/mol. The number of benzene rings is 1. The van der Waals surface area contributed by atoms with Crippen LogP contribution in [0.5, 0.6) is 11.5 Å². The third kappa shape index (κ3) is 2.34. The first-order valence-corrected chi connectivity index (χ1v) is 10.5. The van der Waals surface area contributed by atoms with E-state index in [9.17, 15) is 4.79 Å². The first-order valence-electron chi connectivity index (χ1n) is 9.62. The molecule has 0 aliphatic carbocycles. The lowest BCUT2D eigenvalue weighted by molar-refractivity contribution is -0.00327. The first-order chi connectivity index (χ1) is 13.3. The number of likely N-dealkylation sites (tertiary alicyclic amines) is 1. The summed E-state index contributed by atoms with van der Waals surface area (Å²) in [5.74, 6) is 2.70. The lowest BCUT2D eigenvalue weighted by Crippen LogP contribution is -2.60. The molecule has 7 rings (SSSR count). The third-order valence-corrected chi connectivity index (χ3v) is 7.48. The zero-order chi connectivity index (χ0) is 18.0. The Labute approximate surface area is 161 Å². The Bertz CT molecular complexity index is 879. The van der Waals surface area contributed by atoms with Crippen LogP contribution in [0.3, 0.4) is 0 Å². The van der Waals surface area contributed by atoms with Crippen LogP contribution < -0.4 is 9.47 Å². The summed E-state index contributed by atoms with van der Waals surface area (Å²) in [7, 11) is 0. The SMILES string of the molecule is O=C(c1cncs1)N1C[C@@H](c2ccc3c(c2)OCO3)[C@@H]2[C@H]1C1CCN2CC1. The van der Waals surface area contributed by atoms with Crippen LogP contribution >= 0.6 is 11.3 Å². The number of aromatic nitrogens is 1. The molecule has 2 aromatic rings. The summed E-state index contributed by atoms with van der Waals surface area (Å²) in [6.45, 7) is 3.35. The van der Waals surface area contributed by atoms with Gasteiger partial charge in [-0.3, -0.25) is 14.7 Å². The minimum Gasteiger partial charge on any atom is -0.454 e. The van der Waals surface area contributed by atoms with E-state index in [-0.39, 0.29) is 5.91 Å². The van der Waals surface area contributed by atoms with Gasteiger partial charge in [-0.15, -0.1) is 11.3 Å². The van der Waals surface area contributed by atoms with E-state index in [1.165, 1.54) is 29.7 Å². The third-order valence-electron chi connectivity index (χ3n) is 6.72. The number of nitrogens with zero attached hydrogens (tertiary/aromatic N) is 3. The maximum atomic E-state index is 13.2. The molecular formula is C20H21N3O3S. The molecule has 1 aromatic carbocycles.